The van der Waals surface area contributed by atoms with Gasteiger partial charge in [-0.25, -0.2) is 0 Å². The highest BCUT2D eigenvalue weighted by Crippen LogP contribution is 2.40. The monoisotopic (exact) mass is 297 g/mol. The number of hydrogen-bond acceptors (Lipinski definition) is 3. The third-order valence-corrected chi connectivity index (χ3v) is 5.66. The molecule has 0 radical (unpaired) electrons. The molecule has 4 heteroatoms. The fraction of sp³-hybridized carbons (Fsp3) is 0.286. The highest BCUT2D eigenvalue weighted by atomic mass is 35.5. The van der Waals surface area contributed by atoms with Crippen molar-refractivity contribution in [1.29, 1.82) is 0 Å². The Labute approximate surface area is 121 Å². The van der Waals surface area contributed by atoms with Crippen molar-refractivity contribution >= 4 is 34.7 Å². The predicted octanol–water partition coefficient (Wildman–Crippen LogP) is 4.81. The first-order valence-electron chi connectivity index (χ1n) is 5.79. The molecule has 0 aliphatic carbocycles. The third-order valence-electron chi connectivity index (χ3n) is 2.73. The number of halogens is 1. The average Bonchev–Trinajstić information content (AvgIpc) is 2.75. The molecule has 1 aromatic heterocycles. The molecule has 2 aromatic rings. The van der Waals surface area contributed by atoms with Crippen LogP contribution in [-0.4, -0.2) is 6.54 Å². The summed E-state index contributed by atoms with van der Waals surface area (Å²) in [7, 11) is 0. The SMILES string of the molecule is Cc1ccc(SC(CN)c2ccc(Cl)s2)c(C)c1. The van der Waals surface area contributed by atoms with Gasteiger partial charge in [0.05, 0.1) is 9.59 Å². The summed E-state index contributed by atoms with van der Waals surface area (Å²) >= 11 is 9.42. The number of thiophene rings is 1. The van der Waals surface area contributed by atoms with E-state index in [0.717, 1.165) is 4.34 Å². The Morgan fingerprint density at radius 3 is 2.61 bits per heavy atom. The zero-order chi connectivity index (χ0) is 13.1. The second-order valence-corrected chi connectivity index (χ2v) is 7.24. The van der Waals surface area contributed by atoms with E-state index in [2.05, 4.69) is 38.1 Å². The van der Waals surface area contributed by atoms with E-state index < -0.39 is 0 Å². The van der Waals surface area contributed by atoms with Crippen LogP contribution in [0.5, 0.6) is 0 Å². The van der Waals surface area contributed by atoms with E-state index in [1.54, 1.807) is 11.3 Å². The summed E-state index contributed by atoms with van der Waals surface area (Å²) < 4.78 is 0.824. The lowest BCUT2D eigenvalue weighted by Crippen LogP contribution is -2.08. The lowest BCUT2D eigenvalue weighted by molar-refractivity contribution is 0.959. The highest BCUT2D eigenvalue weighted by molar-refractivity contribution is 7.99. The zero-order valence-electron chi connectivity index (χ0n) is 10.4. The van der Waals surface area contributed by atoms with Crippen molar-refractivity contribution in [2.75, 3.05) is 6.54 Å². The Hall–Kier alpha value is -0.480. The summed E-state index contributed by atoms with van der Waals surface area (Å²) in [5.74, 6) is 0. The van der Waals surface area contributed by atoms with Crippen molar-refractivity contribution in [3.05, 3.63) is 50.7 Å². The molecular formula is C14H16ClNS2. The summed E-state index contributed by atoms with van der Waals surface area (Å²) in [6.07, 6.45) is 0. The zero-order valence-corrected chi connectivity index (χ0v) is 12.8. The summed E-state index contributed by atoms with van der Waals surface area (Å²) in [5.41, 5.74) is 8.48. The molecule has 1 nitrogen and oxygen atoms in total. The molecule has 96 valence electrons. The van der Waals surface area contributed by atoms with Crippen molar-refractivity contribution < 1.29 is 0 Å². The van der Waals surface area contributed by atoms with Crippen LogP contribution < -0.4 is 5.73 Å². The molecule has 0 saturated heterocycles. The quantitative estimate of drug-likeness (QED) is 0.820. The van der Waals surface area contributed by atoms with E-state index in [1.807, 2.05) is 17.8 Å². The molecule has 0 aliphatic heterocycles. The molecule has 0 spiro atoms. The molecule has 2 N–H and O–H groups in total. The van der Waals surface area contributed by atoms with Crippen molar-refractivity contribution in [1.82, 2.24) is 0 Å². The van der Waals surface area contributed by atoms with Gasteiger partial charge in [0.25, 0.3) is 0 Å². The Kier molecular flexibility index (Phi) is 4.73. The Balaban J connectivity index is 2.20. The number of hydrogen-bond donors (Lipinski definition) is 1. The maximum atomic E-state index is 5.98. The molecule has 1 atom stereocenters. The summed E-state index contributed by atoms with van der Waals surface area (Å²) in [4.78, 5) is 2.54. The Bertz CT molecular complexity index is 536. The number of thioether (sulfide) groups is 1. The fourth-order valence-corrected chi connectivity index (χ4v) is 4.14. The Morgan fingerprint density at radius 1 is 1.28 bits per heavy atom. The first kappa shape index (κ1) is 13.9. The van der Waals surface area contributed by atoms with Gasteiger partial charge in [0.2, 0.25) is 0 Å². The summed E-state index contributed by atoms with van der Waals surface area (Å²) in [6, 6.07) is 10.5. The van der Waals surface area contributed by atoms with E-state index in [4.69, 9.17) is 17.3 Å². The average molecular weight is 298 g/mol. The van der Waals surface area contributed by atoms with Gasteiger partial charge in [0.15, 0.2) is 0 Å². The number of rotatable bonds is 4. The van der Waals surface area contributed by atoms with Gasteiger partial charge in [0, 0.05) is 16.3 Å². The van der Waals surface area contributed by atoms with Gasteiger partial charge in [0.1, 0.15) is 0 Å². The first-order chi connectivity index (χ1) is 8.60. The lowest BCUT2D eigenvalue weighted by Gasteiger charge is -2.14. The third kappa shape index (κ3) is 3.29. The first-order valence-corrected chi connectivity index (χ1v) is 7.87. The summed E-state index contributed by atoms with van der Waals surface area (Å²) in [6.45, 7) is 4.88. The minimum Gasteiger partial charge on any atom is -0.329 e. The number of nitrogens with two attached hydrogens (primary N) is 1. The molecular weight excluding hydrogens is 282 g/mol. The molecule has 18 heavy (non-hydrogen) atoms. The smallest absolute Gasteiger partial charge is 0.0931 e. The van der Waals surface area contributed by atoms with Crippen molar-refractivity contribution in [3.63, 3.8) is 0 Å². The van der Waals surface area contributed by atoms with Crippen LogP contribution in [-0.2, 0) is 0 Å². The standard InChI is InChI=1S/C14H16ClNS2/c1-9-3-4-11(10(2)7-9)17-13(8-16)12-5-6-14(15)18-12/h3-7,13H,8,16H2,1-2H3. The highest BCUT2D eigenvalue weighted by Gasteiger charge is 2.14. The maximum absolute atomic E-state index is 5.98. The van der Waals surface area contributed by atoms with Gasteiger partial charge in [-0.05, 0) is 37.6 Å². The van der Waals surface area contributed by atoms with E-state index in [-0.39, 0.29) is 5.25 Å². The van der Waals surface area contributed by atoms with Gasteiger partial charge in [-0.15, -0.1) is 23.1 Å². The van der Waals surface area contributed by atoms with E-state index in [9.17, 15) is 0 Å². The van der Waals surface area contributed by atoms with Crippen molar-refractivity contribution in [2.24, 2.45) is 5.73 Å². The molecule has 0 aliphatic rings. The van der Waals surface area contributed by atoms with Gasteiger partial charge in [-0.1, -0.05) is 29.3 Å². The fourth-order valence-electron chi connectivity index (χ4n) is 1.81. The van der Waals surface area contributed by atoms with Crippen molar-refractivity contribution in [2.45, 2.75) is 24.0 Å². The van der Waals surface area contributed by atoms with Crippen LogP contribution in [0.15, 0.2) is 35.2 Å². The molecule has 2 rings (SSSR count). The van der Waals surface area contributed by atoms with Crippen LogP contribution in [0.2, 0.25) is 4.34 Å². The van der Waals surface area contributed by atoms with E-state index >= 15 is 0 Å². The van der Waals surface area contributed by atoms with Gasteiger partial charge < -0.3 is 5.73 Å². The molecule has 0 bridgehead atoms. The van der Waals surface area contributed by atoms with Gasteiger partial charge in [-0.2, -0.15) is 0 Å². The van der Waals surface area contributed by atoms with E-state index in [0.29, 0.717) is 6.54 Å². The van der Waals surface area contributed by atoms with Gasteiger partial charge >= 0.3 is 0 Å². The largest absolute Gasteiger partial charge is 0.329 e. The van der Waals surface area contributed by atoms with E-state index in [1.165, 1.54) is 20.9 Å². The molecule has 1 unspecified atom stereocenters. The molecule has 0 saturated carbocycles. The normalized spacial score (nSPS) is 12.7. The lowest BCUT2D eigenvalue weighted by atomic mass is 10.2. The minimum absolute atomic E-state index is 0.281. The van der Waals surface area contributed by atoms with Crippen LogP contribution in [0.4, 0.5) is 0 Å². The van der Waals surface area contributed by atoms with Crippen molar-refractivity contribution in [3.8, 4) is 0 Å². The number of aryl methyl sites for hydroxylation is 2. The molecule has 1 aromatic carbocycles. The van der Waals surface area contributed by atoms with Gasteiger partial charge in [-0.3, -0.25) is 0 Å². The van der Waals surface area contributed by atoms with Crippen LogP contribution in [0.3, 0.4) is 0 Å². The maximum Gasteiger partial charge on any atom is 0.0931 e. The second kappa shape index (κ2) is 6.11. The Morgan fingerprint density at radius 2 is 2.06 bits per heavy atom. The van der Waals surface area contributed by atoms with Crippen LogP contribution in [0.1, 0.15) is 21.3 Å². The molecule has 0 amide bonds. The van der Waals surface area contributed by atoms with Crippen LogP contribution >= 0.6 is 34.7 Å². The molecule has 1 heterocycles. The molecule has 0 fully saturated rings. The number of benzene rings is 1. The second-order valence-electron chi connectivity index (χ2n) is 4.25. The minimum atomic E-state index is 0.281. The topological polar surface area (TPSA) is 26.0 Å². The summed E-state index contributed by atoms with van der Waals surface area (Å²) in [5, 5.41) is 0.281. The van der Waals surface area contributed by atoms with Crippen LogP contribution in [0, 0.1) is 13.8 Å². The predicted molar refractivity (Wildman–Crippen MR) is 82.9 cm³/mol. The van der Waals surface area contributed by atoms with Crippen LogP contribution in [0.25, 0.3) is 0 Å².